The van der Waals surface area contributed by atoms with E-state index in [1.807, 2.05) is 0 Å². The zero-order valence-corrected chi connectivity index (χ0v) is 13.0. The van der Waals surface area contributed by atoms with Crippen molar-refractivity contribution in [1.82, 2.24) is 20.1 Å². The fourth-order valence-corrected chi connectivity index (χ4v) is 4.59. The molecule has 0 radical (unpaired) electrons. The molecule has 1 fully saturated rings. The molecule has 0 aromatic carbocycles. The number of nitrogens with one attached hydrogen (secondary N) is 1. The number of thioether (sulfide) groups is 2. The Labute approximate surface area is 133 Å². The number of carbonyl (C=O) groups is 2. The normalized spacial score (nSPS) is 24.9. The van der Waals surface area contributed by atoms with Gasteiger partial charge in [-0.25, -0.2) is 4.79 Å². The minimum Gasteiger partial charge on any atom is -0.477 e. The molecule has 1 unspecified atom stereocenters. The third kappa shape index (κ3) is 2.54. The van der Waals surface area contributed by atoms with Crippen LogP contribution < -0.4 is 5.73 Å². The van der Waals surface area contributed by atoms with E-state index in [1.54, 1.807) is 0 Å². The molecule has 0 aliphatic carbocycles. The number of H-pyrrole nitrogens is 1. The molecule has 21 heavy (non-hydrogen) atoms. The summed E-state index contributed by atoms with van der Waals surface area (Å²) in [6.07, 6.45) is 0. The van der Waals surface area contributed by atoms with Crippen LogP contribution in [0.25, 0.3) is 0 Å². The maximum Gasteiger partial charge on any atom is 0.352 e. The number of carbonyl (C=O) groups excluding carboxylic acids is 1. The van der Waals surface area contributed by atoms with Crippen molar-refractivity contribution in [2.75, 3.05) is 11.5 Å². The zero-order valence-electron chi connectivity index (χ0n) is 10.5. The minimum atomic E-state index is -1.11. The van der Waals surface area contributed by atoms with E-state index in [4.69, 9.17) is 5.73 Å². The molecule has 11 heteroatoms. The first kappa shape index (κ1) is 14.8. The maximum atomic E-state index is 11.8. The number of aliphatic carboxylic acids is 1. The van der Waals surface area contributed by atoms with Gasteiger partial charge in [0.2, 0.25) is 11.1 Å². The maximum absolute atomic E-state index is 11.8. The lowest BCUT2D eigenvalue weighted by molar-refractivity contribution is -0.147. The lowest BCUT2D eigenvalue weighted by Gasteiger charge is -2.48. The highest BCUT2D eigenvalue weighted by molar-refractivity contribution is 8.01. The van der Waals surface area contributed by atoms with Gasteiger partial charge in [0.15, 0.2) is 5.16 Å². The van der Waals surface area contributed by atoms with Crippen LogP contribution in [0, 0.1) is 0 Å². The first-order chi connectivity index (χ1) is 9.99. The molecule has 1 aromatic heterocycles. The SMILES string of the molecule is NC1C(=O)N2C(C(=O)O)=C(CSc3n[nH]c(S)n3)CS[C@H]12. The van der Waals surface area contributed by atoms with Gasteiger partial charge in [-0.2, -0.15) is 4.98 Å². The first-order valence-electron chi connectivity index (χ1n) is 5.88. The topological polar surface area (TPSA) is 125 Å². The van der Waals surface area contributed by atoms with Crippen molar-refractivity contribution < 1.29 is 14.7 Å². The number of amides is 1. The van der Waals surface area contributed by atoms with Crippen LogP contribution in [0.2, 0.25) is 0 Å². The summed E-state index contributed by atoms with van der Waals surface area (Å²) in [5.41, 5.74) is 6.39. The highest BCUT2D eigenvalue weighted by atomic mass is 32.2. The van der Waals surface area contributed by atoms with Crippen molar-refractivity contribution in [2.24, 2.45) is 5.73 Å². The van der Waals surface area contributed by atoms with Crippen LogP contribution in [0.15, 0.2) is 21.6 Å². The molecule has 3 heterocycles. The highest BCUT2D eigenvalue weighted by Gasteiger charge is 2.51. The molecule has 1 amide bonds. The lowest BCUT2D eigenvalue weighted by Crippen LogP contribution is -2.68. The number of aromatic amines is 1. The van der Waals surface area contributed by atoms with Crippen molar-refractivity contribution in [2.45, 2.75) is 21.7 Å². The monoisotopic (exact) mass is 345 g/mol. The van der Waals surface area contributed by atoms with Crippen LogP contribution in [0.3, 0.4) is 0 Å². The zero-order chi connectivity index (χ0) is 15.1. The third-order valence-corrected chi connectivity index (χ3v) is 5.61. The summed E-state index contributed by atoms with van der Waals surface area (Å²) in [7, 11) is 0. The van der Waals surface area contributed by atoms with E-state index in [0.29, 0.717) is 27.4 Å². The number of hydrogen-bond donors (Lipinski definition) is 4. The Bertz CT molecular complexity index is 646. The van der Waals surface area contributed by atoms with E-state index >= 15 is 0 Å². The van der Waals surface area contributed by atoms with E-state index < -0.39 is 12.0 Å². The minimum absolute atomic E-state index is 0.0413. The Morgan fingerprint density at radius 3 is 3.05 bits per heavy atom. The van der Waals surface area contributed by atoms with Gasteiger partial charge in [0, 0.05) is 11.5 Å². The van der Waals surface area contributed by atoms with Gasteiger partial charge in [-0.05, 0) is 5.57 Å². The van der Waals surface area contributed by atoms with Crippen molar-refractivity contribution in [3.8, 4) is 0 Å². The summed E-state index contributed by atoms with van der Waals surface area (Å²) in [5.74, 6) is -0.538. The molecule has 2 aliphatic heterocycles. The summed E-state index contributed by atoms with van der Waals surface area (Å²) in [5, 5.41) is 16.5. The van der Waals surface area contributed by atoms with Crippen LogP contribution in [0.4, 0.5) is 0 Å². The fraction of sp³-hybridized carbons (Fsp3) is 0.400. The Balaban J connectivity index is 1.81. The number of nitrogens with two attached hydrogens (primary N) is 1. The summed E-state index contributed by atoms with van der Waals surface area (Å²) in [6.45, 7) is 0. The van der Waals surface area contributed by atoms with Gasteiger partial charge in [0.1, 0.15) is 17.1 Å². The van der Waals surface area contributed by atoms with Gasteiger partial charge in [-0.3, -0.25) is 14.8 Å². The molecule has 2 atom stereocenters. The smallest absolute Gasteiger partial charge is 0.352 e. The molecule has 0 saturated carbocycles. The first-order valence-corrected chi connectivity index (χ1v) is 8.37. The van der Waals surface area contributed by atoms with Crippen molar-refractivity contribution in [1.29, 1.82) is 0 Å². The summed E-state index contributed by atoms with van der Waals surface area (Å²) in [4.78, 5) is 28.5. The Morgan fingerprint density at radius 2 is 2.43 bits per heavy atom. The molecule has 2 aliphatic rings. The molecular weight excluding hydrogens is 334 g/mol. The van der Waals surface area contributed by atoms with Gasteiger partial charge < -0.3 is 10.8 Å². The average molecular weight is 345 g/mol. The van der Waals surface area contributed by atoms with Crippen LogP contribution >= 0.6 is 36.2 Å². The molecule has 0 bridgehead atoms. The standard InChI is InChI=1S/C10H11N5O3S3/c11-4-6(16)15-5(8(17)18)3(1-20-7(4)15)2-21-10-12-9(19)13-14-10/h4,7H,1-2,11H2,(H,17,18)(H2,12,13,14,19)/t4?,7-/m1/s1. The van der Waals surface area contributed by atoms with Gasteiger partial charge in [0.05, 0.1) is 0 Å². The molecule has 4 N–H and O–H groups in total. The third-order valence-electron chi connectivity index (χ3n) is 3.12. The average Bonchev–Trinajstić information content (AvgIpc) is 2.88. The number of hydrogen-bond acceptors (Lipinski definition) is 8. The lowest BCUT2D eigenvalue weighted by atomic mass is 10.0. The second-order valence-corrected chi connectivity index (χ2v) is 6.89. The van der Waals surface area contributed by atoms with Gasteiger partial charge in [0.25, 0.3) is 0 Å². The number of rotatable bonds is 4. The van der Waals surface area contributed by atoms with Crippen LogP contribution in [-0.4, -0.2) is 60.0 Å². The van der Waals surface area contributed by atoms with Crippen LogP contribution in [-0.2, 0) is 9.59 Å². The van der Waals surface area contributed by atoms with Crippen molar-refractivity contribution in [3.05, 3.63) is 11.3 Å². The van der Waals surface area contributed by atoms with Gasteiger partial charge in [-0.1, -0.05) is 11.8 Å². The number of nitrogens with zero attached hydrogens (tertiary/aromatic N) is 3. The number of carboxylic acids is 1. The second kappa shape index (κ2) is 5.55. The Morgan fingerprint density at radius 1 is 1.67 bits per heavy atom. The predicted molar refractivity (Wildman–Crippen MR) is 80.1 cm³/mol. The second-order valence-electron chi connectivity index (χ2n) is 4.42. The Hall–Kier alpha value is -1.17. The molecule has 1 saturated heterocycles. The number of aromatic nitrogens is 3. The van der Waals surface area contributed by atoms with E-state index in [0.717, 1.165) is 0 Å². The summed E-state index contributed by atoms with van der Waals surface area (Å²) in [6, 6.07) is -0.613. The molecule has 0 spiro atoms. The van der Waals surface area contributed by atoms with E-state index in [2.05, 4.69) is 27.8 Å². The highest BCUT2D eigenvalue weighted by Crippen LogP contribution is 2.40. The van der Waals surface area contributed by atoms with Gasteiger partial charge >= 0.3 is 5.97 Å². The van der Waals surface area contributed by atoms with Crippen LogP contribution in [0.5, 0.6) is 0 Å². The predicted octanol–water partition coefficient (Wildman–Crippen LogP) is -0.233. The van der Waals surface area contributed by atoms with Crippen molar-refractivity contribution in [3.63, 3.8) is 0 Å². The van der Waals surface area contributed by atoms with E-state index in [9.17, 15) is 14.7 Å². The number of β-lactam (4-membered cyclic amide) rings is 1. The quantitative estimate of drug-likeness (QED) is 0.335. The van der Waals surface area contributed by atoms with E-state index in [1.165, 1.54) is 28.4 Å². The molecule has 3 rings (SSSR count). The fourth-order valence-electron chi connectivity index (χ4n) is 2.15. The summed E-state index contributed by atoms with van der Waals surface area (Å²) < 4.78 is 0. The molecule has 8 nitrogen and oxygen atoms in total. The summed E-state index contributed by atoms with van der Waals surface area (Å²) >= 11 is 6.78. The van der Waals surface area contributed by atoms with E-state index in [-0.39, 0.29) is 17.0 Å². The largest absolute Gasteiger partial charge is 0.477 e. The molecule has 112 valence electrons. The van der Waals surface area contributed by atoms with Crippen LogP contribution in [0.1, 0.15) is 0 Å². The molecular formula is C10H11N5O3S3. The number of carboxylic acid groups (broad SMARTS) is 1. The number of thiol groups is 1. The number of fused-ring (bicyclic) bond motifs is 1. The van der Waals surface area contributed by atoms with Gasteiger partial charge in [-0.15, -0.1) is 29.5 Å². The molecule has 1 aromatic rings. The Kier molecular flexibility index (Phi) is 3.90. The van der Waals surface area contributed by atoms with Crippen molar-refractivity contribution >= 4 is 48.0 Å².